The number of anilines is 1. The zero-order valence-corrected chi connectivity index (χ0v) is 12.9. The van der Waals surface area contributed by atoms with E-state index in [4.69, 9.17) is 11.6 Å². The van der Waals surface area contributed by atoms with Crippen LogP contribution in [0.2, 0.25) is 5.02 Å². The molecule has 0 atom stereocenters. The van der Waals surface area contributed by atoms with Crippen LogP contribution in [0.25, 0.3) is 0 Å². The van der Waals surface area contributed by atoms with Crippen molar-refractivity contribution in [2.24, 2.45) is 5.92 Å². The maximum Gasteiger partial charge on any atom is 0.0642 e. The normalized spacial score (nSPS) is 11.3. The molecule has 0 aliphatic carbocycles. The number of para-hydroxylation sites is 1. The largest absolute Gasteiger partial charge is 0.373 e. The predicted molar refractivity (Wildman–Crippen MR) is 81.5 cm³/mol. The van der Waals surface area contributed by atoms with Gasteiger partial charge in [0.2, 0.25) is 0 Å². The molecule has 0 saturated carbocycles. The van der Waals surface area contributed by atoms with Crippen molar-refractivity contribution < 1.29 is 0 Å². The Balaban J connectivity index is 2.92. The fourth-order valence-corrected chi connectivity index (χ4v) is 2.42. The van der Waals surface area contributed by atoms with Gasteiger partial charge < -0.3 is 10.2 Å². The molecule has 0 amide bonds. The van der Waals surface area contributed by atoms with E-state index in [2.05, 4.69) is 51.0 Å². The quantitative estimate of drug-likeness (QED) is 0.841. The van der Waals surface area contributed by atoms with Gasteiger partial charge in [-0.1, -0.05) is 51.4 Å². The van der Waals surface area contributed by atoms with Crippen molar-refractivity contribution in [2.45, 2.75) is 40.3 Å². The summed E-state index contributed by atoms with van der Waals surface area (Å²) in [6, 6.07) is 6.61. The van der Waals surface area contributed by atoms with E-state index >= 15 is 0 Å². The number of nitrogens with zero attached hydrogens (tertiary/aromatic N) is 1. The van der Waals surface area contributed by atoms with E-state index < -0.39 is 0 Å². The molecule has 18 heavy (non-hydrogen) atoms. The number of hydrogen-bond donors (Lipinski definition) is 1. The smallest absolute Gasteiger partial charge is 0.0642 e. The Morgan fingerprint density at radius 2 is 1.89 bits per heavy atom. The van der Waals surface area contributed by atoms with Gasteiger partial charge in [0, 0.05) is 26.2 Å². The van der Waals surface area contributed by atoms with Gasteiger partial charge >= 0.3 is 0 Å². The lowest BCUT2D eigenvalue weighted by Crippen LogP contribution is -2.27. The van der Waals surface area contributed by atoms with E-state index in [0.29, 0.717) is 12.0 Å². The summed E-state index contributed by atoms with van der Waals surface area (Å²) in [6.07, 6.45) is 0. The standard InChI is InChI=1S/C15H25ClN2/c1-11(2)10-18(5)15-13(9-17-12(3)4)7-6-8-14(15)16/h6-8,11-12,17H,9-10H2,1-5H3. The highest BCUT2D eigenvalue weighted by Crippen LogP contribution is 2.29. The lowest BCUT2D eigenvalue weighted by molar-refractivity contribution is 0.585. The van der Waals surface area contributed by atoms with Crippen LogP contribution in [0.4, 0.5) is 5.69 Å². The van der Waals surface area contributed by atoms with Crippen LogP contribution in [0.15, 0.2) is 18.2 Å². The Morgan fingerprint density at radius 3 is 2.44 bits per heavy atom. The second-order valence-electron chi connectivity index (χ2n) is 5.56. The number of halogens is 1. The summed E-state index contributed by atoms with van der Waals surface area (Å²) in [7, 11) is 2.11. The van der Waals surface area contributed by atoms with Gasteiger partial charge in [-0.25, -0.2) is 0 Å². The molecule has 0 heterocycles. The monoisotopic (exact) mass is 268 g/mol. The summed E-state index contributed by atoms with van der Waals surface area (Å²) in [6.45, 7) is 10.6. The number of benzene rings is 1. The Bertz CT molecular complexity index is 375. The van der Waals surface area contributed by atoms with Crippen molar-refractivity contribution in [1.82, 2.24) is 5.32 Å². The highest BCUT2D eigenvalue weighted by atomic mass is 35.5. The van der Waals surface area contributed by atoms with E-state index in [-0.39, 0.29) is 0 Å². The fraction of sp³-hybridized carbons (Fsp3) is 0.600. The third-order valence-corrected chi connectivity index (χ3v) is 3.10. The average Bonchev–Trinajstić information content (AvgIpc) is 2.24. The average molecular weight is 269 g/mol. The summed E-state index contributed by atoms with van der Waals surface area (Å²) in [5.74, 6) is 0.622. The molecule has 0 saturated heterocycles. The van der Waals surface area contributed by atoms with Crippen LogP contribution in [0.1, 0.15) is 33.3 Å². The number of rotatable bonds is 6. The SMILES string of the molecule is CC(C)CN(C)c1c(Cl)cccc1CNC(C)C. The maximum absolute atomic E-state index is 6.35. The molecule has 0 bridgehead atoms. The van der Waals surface area contributed by atoms with E-state index in [0.717, 1.165) is 23.8 Å². The van der Waals surface area contributed by atoms with Crippen LogP contribution in [0.3, 0.4) is 0 Å². The van der Waals surface area contributed by atoms with Crippen LogP contribution in [-0.4, -0.2) is 19.6 Å². The van der Waals surface area contributed by atoms with E-state index in [9.17, 15) is 0 Å². The van der Waals surface area contributed by atoms with E-state index in [1.54, 1.807) is 0 Å². The van der Waals surface area contributed by atoms with Gasteiger partial charge in [0.25, 0.3) is 0 Å². The van der Waals surface area contributed by atoms with Crippen molar-refractivity contribution in [1.29, 1.82) is 0 Å². The topological polar surface area (TPSA) is 15.3 Å². The molecule has 1 N–H and O–H groups in total. The van der Waals surface area contributed by atoms with Gasteiger partial charge in [-0.3, -0.25) is 0 Å². The minimum absolute atomic E-state index is 0.479. The second kappa shape index (κ2) is 7.01. The molecule has 1 rings (SSSR count). The Kier molecular flexibility index (Phi) is 5.97. The van der Waals surface area contributed by atoms with Crippen molar-refractivity contribution >= 4 is 17.3 Å². The molecule has 102 valence electrons. The zero-order valence-electron chi connectivity index (χ0n) is 12.1. The molecular weight excluding hydrogens is 244 g/mol. The Labute approximate surface area is 116 Å². The van der Waals surface area contributed by atoms with Crippen LogP contribution in [0.5, 0.6) is 0 Å². The minimum Gasteiger partial charge on any atom is -0.373 e. The summed E-state index contributed by atoms with van der Waals surface area (Å²) < 4.78 is 0. The van der Waals surface area contributed by atoms with Crippen molar-refractivity contribution in [3.8, 4) is 0 Å². The molecule has 3 heteroatoms. The van der Waals surface area contributed by atoms with Crippen LogP contribution in [0, 0.1) is 5.92 Å². The number of nitrogens with one attached hydrogen (secondary N) is 1. The molecule has 0 aliphatic heterocycles. The van der Waals surface area contributed by atoms with Crippen molar-refractivity contribution in [2.75, 3.05) is 18.5 Å². The molecule has 0 aromatic heterocycles. The van der Waals surface area contributed by atoms with E-state index in [1.807, 2.05) is 12.1 Å². The van der Waals surface area contributed by atoms with Gasteiger partial charge in [-0.15, -0.1) is 0 Å². The van der Waals surface area contributed by atoms with Crippen LogP contribution >= 0.6 is 11.6 Å². The molecular formula is C15H25ClN2. The first-order valence-electron chi connectivity index (χ1n) is 6.63. The lowest BCUT2D eigenvalue weighted by atomic mass is 10.1. The van der Waals surface area contributed by atoms with Crippen LogP contribution in [-0.2, 0) is 6.54 Å². The Morgan fingerprint density at radius 1 is 1.22 bits per heavy atom. The minimum atomic E-state index is 0.479. The summed E-state index contributed by atoms with van der Waals surface area (Å²) in [5.41, 5.74) is 2.42. The third kappa shape index (κ3) is 4.51. The molecule has 0 spiro atoms. The van der Waals surface area contributed by atoms with Gasteiger partial charge in [0.05, 0.1) is 10.7 Å². The van der Waals surface area contributed by atoms with Gasteiger partial charge in [-0.05, 0) is 17.5 Å². The maximum atomic E-state index is 6.35. The third-order valence-electron chi connectivity index (χ3n) is 2.79. The highest BCUT2D eigenvalue weighted by Gasteiger charge is 2.12. The highest BCUT2D eigenvalue weighted by molar-refractivity contribution is 6.33. The second-order valence-corrected chi connectivity index (χ2v) is 5.96. The molecule has 0 radical (unpaired) electrons. The molecule has 1 aromatic rings. The summed E-state index contributed by atoms with van der Waals surface area (Å²) in [4.78, 5) is 2.25. The Hall–Kier alpha value is -0.730. The van der Waals surface area contributed by atoms with E-state index in [1.165, 1.54) is 5.56 Å². The molecule has 0 aliphatic rings. The molecule has 0 fully saturated rings. The van der Waals surface area contributed by atoms with Crippen molar-refractivity contribution in [3.05, 3.63) is 28.8 Å². The summed E-state index contributed by atoms with van der Waals surface area (Å²) in [5, 5.41) is 4.29. The van der Waals surface area contributed by atoms with Crippen LogP contribution < -0.4 is 10.2 Å². The zero-order chi connectivity index (χ0) is 13.7. The van der Waals surface area contributed by atoms with Crippen molar-refractivity contribution in [3.63, 3.8) is 0 Å². The first kappa shape index (κ1) is 15.3. The van der Waals surface area contributed by atoms with Gasteiger partial charge in [0.15, 0.2) is 0 Å². The first-order chi connectivity index (χ1) is 8.41. The molecule has 2 nitrogen and oxygen atoms in total. The lowest BCUT2D eigenvalue weighted by Gasteiger charge is -2.26. The fourth-order valence-electron chi connectivity index (χ4n) is 2.08. The van der Waals surface area contributed by atoms with Gasteiger partial charge in [0.1, 0.15) is 0 Å². The van der Waals surface area contributed by atoms with Gasteiger partial charge in [-0.2, -0.15) is 0 Å². The molecule has 0 unspecified atom stereocenters. The number of hydrogen-bond acceptors (Lipinski definition) is 2. The summed E-state index contributed by atoms with van der Waals surface area (Å²) >= 11 is 6.35. The predicted octanol–water partition coefficient (Wildman–Crippen LogP) is 3.93. The molecule has 1 aromatic carbocycles. The first-order valence-corrected chi connectivity index (χ1v) is 7.01.